The average molecular weight is 407 g/mol. The number of carbonyl (C=O) groups excluding carboxylic acids is 2. The molecule has 2 rings (SSSR count). The van der Waals surface area contributed by atoms with Crippen molar-refractivity contribution in [1.82, 2.24) is 4.98 Å². The van der Waals surface area contributed by atoms with Gasteiger partial charge in [0.1, 0.15) is 0 Å². The van der Waals surface area contributed by atoms with E-state index in [0.717, 1.165) is 6.42 Å². The molecule has 0 bridgehead atoms. The van der Waals surface area contributed by atoms with Gasteiger partial charge in [0.2, 0.25) is 0 Å². The minimum atomic E-state index is -0.653. The molecule has 0 unspecified atom stereocenters. The molecule has 1 amide bonds. The summed E-state index contributed by atoms with van der Waals surface area (Å²) in [5.41, 5.74) is 0.593. The second-order valence-electron chi connectivity index (χ2n) is 6.36. The van der Waals surface area contributed by atoms with Crippen LogP contribution < -0.4 is 14.8 Å². The van der Waals surface area contributed by atoms with Crippen molar-refractivity contribution < 1.29 is 23.8 Å². The monoisotopic (exact) mass is 406 g/mol. The number of pyridine rings is 1. The lowest BCUT2D eigenvalue weighted by atomic mass is 10.1. The summed E-state index contributed by atoms with van der Waals surface area (Å²) in [6, 6.07) is 7.95. The summed E-state index contributed by atoms with van der Waals surface area (Å²) in [5, 5.41) is 2.68. The molecule has 1 heterocycles. The van der Waals surface area contributed by atoms with Crippen molar-refractivity contribution in [3.63, 3.8) is 0 Å². The number of carbonyl (C=O) groups is 2. The van der Waals surface area contributed by atoms with Crippen molar-refractivity contribution in [2.45, 2.75) is 20.3 Å². The number of aromatic nitrogens is 1. The molecule has 0 aliphatic heterocycles. The van der Waals surface area contributed by atoms with Gasteiger partial charge in [-0.2, -0.15) is 0 Å². The third-order valence-electron chi connectivity index (χ3n) is 3.72. The Balaban J connectivity index is 1.92. The normalized spacial score (nSPS) is 10.5. The molecule has 0 saturated heterocycles. The van der Waals surface area contributed by atoms with Crippen molar-refractivity contribution in [1.29, 1.82) is 0 Å². The molecular weight excluding hydrogens is 384 g/mol. The largest absolute Gasteiger partial charge is 0.493 e. The highest BCUT2D eigenvalue weighted by atomic mass is 35.5. The Morgan fingerprint density at radius 1 is 1.21 bits per heavy atom. The molecule has 0 fully saturated rings. The standard InChI is InChI=1S/C20H23ClN2O5/c1-13(2)8-10-27-16-7-6-14(11-17(16)26-3)20(25)28-12-18(24)23-15-5-4-9-22-19(15)21/h4-7,9,11,13H,8,10,12H2,1-3H3,(H,23,24). The van der Waals surface area contributed by atoms with Gasteiger partial charge in [0, 0.05) is 6.20 Å². The second kappa shape index (κ2) is 10.5. The van der Waals surface area contributed by atoms with E-state index < -0.39 is 18.5 Å². The van der Waals surface area contributed by atoms with Crippen LogP contribution >= 0.6 is 11.6 Å². The van der Waals surface area contributed by atoms with Crippen LogP contribution in [-0.4, -0.2) is 37.2 Å². The highest BCUT2D eigenvalue weighted by Gasteiger charge is 2.15. The second-order valence-corrected chi connectivity index (χ2v) is 6.72. The Morgan fingerprint density at radius 3 is 2.68 bits per heavy atom. The molecule has 2 aromatic rings. The molecular formula is C20H23ClN2O5. The van der Waals surface area contributed by atoms with Gasteiger partial charge < -0.3 is 19.5 Å². The van der Waals surface area contributed by atoms with Crippen LogP contribution in [0.3, 0.4) is 0 Å². The van der Waals surface area contributed by atoms with Gasteiger partial charge in [-0.15, -0.1) is 0 Å². The lowest BCUT2D eigenvalue weighted by Crippen LogP contribution is -2.21. The Morgan fingerprint density at radius 2 is 2.00 bits per heavy atom. The maximum atomic E-state index is 12.2. The SMILES string of the molecule is COc1cc(C(=O)OCC(=O)Nc2cccnc2Cl)ccc1OCCC(C)C. The Hall–Kier alpha value is -2.80. The molecule has 0 aliphatic rings. The number of esters is 1. The van der Waals surface area contributed by atoms with Crippen LogP contribution in [0, 0.1) is 5.92 Å². The van der Waals surface area contributed by atoms with Crippen molar-refractivity contribution in [2.24, 2.45) is 5.92 Å². The molecule has 0 aliphatic carbocycles. The molecule has 28 heavy (non-hydrogen) atoms. The fraction of sp³-hybridized carbons (Fsp3) is 0.350. The fourth-order valence-electron chi connectivity index (χ4n) is 2.20. The first kappa shape index (κ1) is 21.5. The number of ether oxygens (including phenoxy) is 3. The summed E-state index contributed by atoms with van der Waals surface area (Å²) in [5.74, 6) is 0.310. The average Bonchev–Trinajstić information content (AvgIpc) is 2.67. The van der Waals surface area contributed by atoms with Crippen molar-refractivity contribution in [3.05, 3.63) is 47.2 Å². The van der Waals surface area contributed by atoms with Crippen molar-refractivity contribution >= 4 is 29.2 Å². The Labute approximate surface area is 169 Å². The summed E-state index contributed by atoms with van der Waals surface area (Å²) in [6.45, 7) is 4.31. The van der Waals surface area contributed by atoms with E-state index in [0.29, 0.717) is 29.7 Å². The van der Waals surface area contributed by atoms with Crippen LogP contribution in [0.25, 0.3) is 0 Å². The number of rotatable bonds is 9. The number of nitrogens with zero attached hydrogens (tertiary/aromatic N) is 1. The Kier molecular flexibility index (Phi) is 8.07. The number of methoxy groups -OCH3 is 1. The van der Waals surface area contributed by atoms with E-state index in [1.54, 1.807) is 24.3 Å². The zero-order chi connectivity index (χ0) is 20.5. The highest BCUT2D eigenvalue weighted by Crippen LogP contribution is 2.28. The van der Waals surface area contributed by atoms with Crippen LogP contribution in [0.15, 0.2) is 36.5 Å². The summed E-state index contributed by atoms with van der Waals surface area (Å²) >= 11 is 5.87. The van der Waals surface area contributed by atoms with E-state index in [1.165, 1.54) is 19.4 Å². The molecule has 1 aromatic carbocycles. The molecule has 0 atom stereocenters. The van der Waals surface area contributed by atoms with Crippen molar-refractivity contribution in [3.8, 4) is 11.5 Å². The molecule has 0 saturated carbocycles. The first-order chi connectivity index (χ1) is 13.4. The molecule has 1 aromatic heterocycles. The summed E-state index contributed by atoms with van der Waals surface area (Å²) < 4.78 is 16.0. The molecule has 0 spiro atoms. The first-order valence-corrected chi connectivity index (χ1v) is 9.16. The van der Waals surface area contributed by atoms with E-state index in [4.69, 9.17) is 25.8 Å². The van der Waals surface area contributed by atoms with Crippen LogP contribution in [0.5, 0.6) is 11.5 Å². The first-order valence-electron chi connectivity index (χ1n) is 8.79. The van der Waals surface area contributed by atoms with Crippen LogP contribution in [0.1, 0.15) is 30.6 Å². The molecule has 0 radical (unpaired) electrons. The van der Waals surface area contributed by atoms with E-state index in [2.05, 4.69) is 24.1 Å². The summed E-state index contributed by atoms with van der Waals surface area (Å²) in [7, 11) is 1.49. The van der Waals surface area contributed by atoms with E-state index >= 15 is 0 Å². The minimum Gasteiger partial charge on any atom is -0.493 e. The van der Waals surface area contributed by atoms with Gasteiger partial charge in [-0.05, 0) is 42.7 Å². The number of halogens is 1. The van der Waals surface area contributed by atoms with Gasteiger partial charge in [0.25, 0.3) is 5.91 Å². The van der Waals surface area contributed by atoms with E-state index in [1.807, 2.05) is 0 Å². The molecule has 8 heteroatoms. The number of benzene rings is 1. The molecule has 150 valence electrons. The van der Waals surface area contributed by atoms with Gasteiger partial charge in [-0.1, -0.05) is 25.4 Å². The van der Waals surface area contributed by atoms with Gasteiger partial charge >= 0.3 is 5.97 Å². The number of anilines is 1. The lowest BCUT2D eigenvalue weighted by Gasteiger charge is -2.13. The van der Waals surface area contributed by atoms with Gasteiger partial charge in [0.15, 0.2) is 23.3 Å². The summed E-state index contributed by atoms with van der Waals surface area (Å²) in [6.07, 6.45) is 2.41. The number of hydrogen-bond donors (Lipinski definition) is 1. The van der Waals surface area contributed by atoms with Gasteiger partial charge in [-0.25, -0.2) is 9.78 Å². The smallest absolute Gasteiger partial charge is 0.338 e. The number of hydrogen-bond acceptors (Lipinski definition) is 6. The van der Waals surface area contributed by atoms with Gasteiger partial charge in [-0.3, -0.25) is 4.79 Å². The number of nitrogens with one attached hydrogen (secondary N) is 1. The zero-order valence-corrected chi connectivity index (χ0v) is 16.8. The quantitative estimate of drug-likeness (QED) is 0.501. The predicted octanol–water partition coefficient (Wildman–Crippen LogP) is 3.96. The van der Waals surface area contributed by atoms with E-state index in [-0.39, 0.29) is 10.7 Å². The topological polar surface area (TPSA) is 86.8 Å². The van der Waals surface area contributed by atoms with E-state index in [9.17, 15) is 9.59 Å². The van der Waals surface area contributed by atoms with Crippen LogP contribution in [0.4, 0.5) is 5.69 Å². The third-order valence-corrected chi connectivity index (χ3v) is 4.02. The fourth-order valence-corrected chi connectivity index (χ4v) is 2.36. The van der Waals surface area contributed by atoms with Crippen LogP contribution in [0.2, 0.25) is 5.15 Å². The molecule has 1 N–H and O–H groups in total. The van der Waals surface area contributed by atoms with Crippen LogP contribution in [-0.2, 0) is 9.53 Å². The lowest BCUT2D eigenvalue weighted by molar-refractivity contribution is -0.119. The predicted molar refractivity (Wildman–Crippen MR) is 106 cm³/mol. The van der Waals surface area contributed by atoms with Gasteiger partial charge in [0.05, 0.1) is 25.0 Å². The maximum absolute atomic E-state index is 12.2. The highest BCUT2D eigenvalue weighted by molar-refractivity contribution is 6.32. The third kappa shape index (κ3) is 6.42. The Bertz CT molecular complexity index is 826. The van der Waals surface area contributed by atoms with Crippen molar-refractivity contribution in [2.75, 3.05) is 25.6 Å². The number of amides is 1. The minimum absolute atomic E-state index is 0.153. The zero-order valence-electron chi connectivity index (χ0n) is 16.0. The summed E-state index contributed by atoms with van der Waals surface area (Å²) in [4.78, 5) is 28.0. The maximum Gasteiger partial charge on any atom is 0.338 e. The molecule has 7 nitrogen and oxygen atoms in total.